The van der Waals surface area contributed by atoms with Gasteiger partial charge in [-0.2, -0.15) is 0 Å². The molecule has 1 saturated heterocycles. The van der Waals surface area contributed by atoms with Crippen molar-refractivity contribution in [2.75, 3.05) is 19.8 Å². The molecule has 5 heteroatoms. The minimum Gasteiger partial charge on any atom is -0.388 e. The Morgan fingerprint density at radius 3 is 1.48 bits per heavy atom. The van der Waals surface area contributed by atoms with E-state index in [4.69, 9.17) is 9.47 Å². The molecule has 0 amide bonds. The fourth-order valence-electron chi connectivity index (χ4n) is 4.32. The minimum atomic E-state index is -1.15. The Morgan fingerprint density at radius 1 is 0.613 bits per heavy atom. The molecule has 0 aromatic heterocycles. The van der Waals surface area contributed by atoms with E-state index in [1.165, 1.54) is 109 Å². The van der Waals surface area contributed by atoms with Crippen LogP contribution in [0, 0.1) is 0 Å². The molecule has 5 nitrogen and oxygen atoms in total. The number of aliphatic hydroxyl groups is 3. The monoisotopic (exact) mass is 444 g/mol. The van der Waals surface area contributed by atoms with Crippen molar-refractivity contribution in [2.24, 2.45) is 0 Å². The van der Waals surface area contributed by atoms with Crippen molar-refractivity contribution in [2.45, 2.75) is 147 Å². The van der Waals surface area contributed by atoms with Crippen LogP contribution in [0.2, 0.25) is 0 Å². The highest BCUT2D eigenvalue weighted by Gasteiger charge is 2.37. The molecule has 1 aliphatic heterocycles. The molecule has 0 radical (unpaired) electrons. The SMILES string of the molecule is CCCCCCCCCCCCCCCCCCCCOC[C@H]1OC[C@H](O)[C@@H](O)[C@@H]1O. The van der Waals surface area contributed by atoms with Gasteiger partial charge in [0.15, 0.2) is 0 Å². The zero-order valence-corrected chi connectivity index (χ0v) is 20.3. The van der Waals surface area contributed by atoms with Crippen LogP contribution in [0.4, 0.5) is 0 Å². The van der Waals surface area contributed by atoms with Crippen LogP contribution in [-0.2, 0) is 9.47 Å². The highest BCUT2D eigenvalue weighted by Crippen LogP contribution is 2.17. The van der Waals surface area contributed by atoms with Crippen LogP contribution < -0.4 is 0 Å². The Kier molecular flexibility index (Phi) is 19.0. The summed E-state index contributed by atoms with van der Waals surface area (Å²) in [5.74, 6) is 0. The van der Waals surface area contributed by atoms with E-state index >= 15 is 0 Å². The second kappa shape index (κ2) is 20.4. The van der Waals surface area contributed by atoms with Gasteiger partial charge < -0.3 is 24.8 Å². The van der Waals surface area contributed by atoms with Crippen molar-refractivity contribution in [1.29, 1.82) is 0 Å². The van der Waals surface area contributed by atoms with Gasteiger partial charge in [0, 0.05) is 6.61 Å². The first kappa shape index (κ1) is 28.8. The second-order valence-corrected chi connectivity index (χ2v) is 9.51. The Labute approximate surface area is 191 Å². The van der Waals surface area contributed by atoms with Gasteiger partial charge in [-0.15, -0.1) is 0 Å². The molecule has 0 saturated carbocycles. The zero-order valence-electron chi connectivity index (χ0n) is 20.3. The maximum atomic E-state index is 9.85. The fraction of sp³-hybridized carbons (Fsp3) is 1.00. The number of unbranched alkanes of at least 4 members (excludes halogenated alkanes) is 17. The summed E-state index contributed by atoms with van der Waals surface area (Å²) >= 11 is 0. The minimum absolute atomic E-state index is 0.0471. The Hall–Kier alpha value is -0.200. The zero-order chi connectivity index (χ0) is 22.6. The van der Waals surface area contributed by atoms with Gasteiger partial charge in [0.05, 0.1) is 13.2 Å². The molecule has 4 atom stereocenters. The Balaban J connectivity index is 1.73. The van der Waals surface area contributed by atoms with E-state index in [0.29, 0.717) is 6.61 Å². The average Bonchev–Trinajstić information content (AvgIpc) is 2.77. The molecule has 31 heavy (non-hydrogen) atoms. The van der Waals surface area contributed by atoms with Gasteiger partial charge in [0.25, 0.3) is 0 Å². The maximum Gasteiger partial charge on any atom is 0.111 e. The second-order valence-electron chi connectivity index (χ2n) is 9.51. The van der Waals surface area contributed by atoms with E-state index in [9.17, 15) is 15.3 Å². The summed E-state index contributed by atoms with van der Waals surface area (Å²) in [6.07, 6.45) is 20.7. The van der Waals surface area contributed by atoms with E-state index in [-0.39, 0.29) is 13.2 Å². The lowest BCUT2D eigenvalue weighted by Crippen LogP contribution is -2.54. The van der Waals surface area contributed by atoms with Gasteiger partial charge >= 0.3 is 0 Å². The molecule has 186 valence electrons. The lowest BCUT2D eigenvalue weighted by molar-refractivity contribution is -0.199. The summed E-state index contributed by atoms with van der Waals surface area (Å²) in [6.45, 7) is 3.25. The summed E-state index contributed by atoms with van der Waals surface area (Å²) in [5.41, 5.74) is 0. The maximum absolute atomic E-state index is 9.85. The molecule has 1 aliphatic rings. The van der Waals surface area contributed by atoms with Crippen molar-refractivity contribution >= 4 is 0 Å². The molecule has 0 aromatic rings. The molecular weight excluding hydrogens is 392 g/mol. The highest BCUT2D eigenvalue weighted by atomic mass is 16.6. The number of hydrogen-bond acceptors (Lipinski definition) is 5. The van der Waals surface area contributed by atoms with Gasteiger partial charge in [0.2, 0.25) is 0 Å². The first-order chi connectivity index (χ1) is 15.2. The summed E-state index contributed by atoms with van der Waals surface area (Å²) in [4.78, 5) is 0. The van der Waals surface area contributed by atoms with Crippen LogP contribution in [0.5, 0.6) is 0 Å². The van der Waals surface area contributed by atoms with Gasteiger partial charge in [-0.3, -0.25) is 0 Å². The molecular formula is C26H52O5. The average molecular weight is 445 g/mol. The van der Waals surface area contributed by atoms with Crippen LogP contribution in [0.15, 0.2) is 0 Å². The molecule has 0 bridgehead atoms. The van der Waals surface area contributed by atoms with Crippen LogP contribution in [0.3, 0.4) is 0 Å². The van der Waals surface area contributed by atoms with Crippen LogP contribution in [0.25, 0.3) is 0 Å². The summed E-state index contributed by atoms with van der Waals surface area (Å²) in [7, 11) is 0. The van der Waals surface area contributed by atoms with Gasteiger partial charge in [-0.1, -0.05) is 116 Å². The Bertz CT molecular complexity index is 379. The molecule has 0 aliphatic carbocycles. The van der Waals surface area contributed by atoms with Gasteiger partial charge in [-0.05, 0) is 6.42 Å². The molecule has 0 spiro atoms. The first-order valence-corrected chi connectivity index (χ1v) is 13.4. The molecule has 0 unspecified atom stereocenters. The predicted octanol–water partition coefficient (Wildman–Crippen LogP) is 5.53. The number of hydrogen-bond donors (Lipinski definition) is 3. The van der Waals surface area contributed by atoms with Crippen LogP contribution in [0.1, 0.15) is 122 Å². The van der Waals surface area contributed by atoms with Crippen molar-refractivity contribution in [1.82, 2.24) is 0 Å². The van der Waals surface area contributed by atoms with Crippen molar-refractivity contribution < 1.29 is 24.8 Å². The summed E-state index contributed by atoms with van der Waals surface area (Å²) in [5, 5.41) is 28.9. The predicted molar refractivity (Wildman–Crippen MR) is 127 cm³/mol. The highest BCUT2D eigenvalue weighted by molar-refractivity contribution is 4.86. The van der Waals surface area contributed by atoms with E-state index in [1.54, 1.807) is 0 Å². The van der Waals surface area contributed by atoms with Gasteiger partial charge in [-0.25, -0.2) is 0 Å². The molecule has 1 fully saturated rings. The van der Waals surface area contributed by atoms with E-state index < -0.39 is 24.4 Å². The topological polar surface area (TPSA) is 79.2 Å². The van der Waals surface area contributed by atoms with Crippen molar-refractivity contribution in [3.63, 3.8) is 0 Å². The largest absolute Gasteiger partial charge is 0.388 e. The normalized spacial score (nSPS) is 24.0. The standard InChI is InChI=1S/C26H52O5/c1-2-3-4-5-6-7-8-9-10-11-12-13-14-15-16-17-18-19-20-30-22-24-26(29)25(28)23(27)21-31-24/h23-29H,2-22H2,1H3/t23-,24+,25+,26+/m0/s1. The van der Waals surface area contributed by atoms with E-state index in [0.717, 1.165) is 6.42 Å². The van der Waals surface area contributed by atoms with Gasteiger partial charge in [0.1, 0.15) is 24.4 Å². The molecule has 3 N–H and O–H groups in total. The lowest BCUT2D eigenvalue weighted by atomic mass is 10.0. The van der Waals surface area contributed by atoms with Crippen LogP contribution >= 0.6 is 0 Å². The molecule has 1 heterocycles. The molecule has 1 rings (SSSR count). The third kappa shape index (κ3) is 15.3. The van der Waals surface area contributed by atoms with Crippen molar-refractivity contribution in [3.8, 4) is 0 Å². The smallest absolute Gasteiger partial charge is 0.111 e. The Morgan fingerprint density at radius 2 is 1.03 bits per heavy atom. The number of rotatable bonds is 21. The molecule has 0 aromatic carbocycles. The quantitative estimate of drug-likeness (QED) is 0.203. The van der Waals surface area contributed by atoms with E-state index in [2.05, 4.69) is 6.92 Å². The van der Waals surface area contributed by atoms with E-state index in [1.807, 2.05) is 0 Å². The fourth-order valence-corrected chi connectivity index (χ4v) is 4.32. The first-order valence-electron chi connectivity index (χ1n) is 13.4. The lowest BCUT2D eigenvalue weighted by Gasteiger charge is -2.35. The number of ether oxygens (including phenoxy) is 2. The summed E-state index contributed by atoms with van der Waals surface area (Å²) in [6, 6.07) is 0. The van der Waals surface area contributed by atoms with Crippen LogP contribution in [-0.4, -0.2) is 59.6 Å². The third-order valence-electron chi connectivity index (χ3n) is 6.53. The third-order valence-corrected chi connectivity index (χ3v) is 6.53. The van der Waals surface area contributed by atoms with Crippen molar-refractivity contribution in [3.05, 3.63) is 0 Å². The summed E-state index contributed by atoms with van der Waals surface area (Å²) < 4.78 is 10.9. The number of aliphatic hydroxyl groups excluding tert-OH is 3.